The first-order chi connectivity index (χ1) is 11.1. The predicted molar refractivity (Wildman–Crippen MR) is 90.3 cm³/mol. The van der Waals surface area contributed by atoms with Crippen molar-refractivity contribution in [2.75, 3.05) is 27.1 Å². The molecule has 5 nitrogen and oxygen atoms in total. The van der Waals surface area contributed by atoms with E-state index in [9.17, 15) is 4.79 Å². The van der Waals surface area contributed by atoms with E-state index in [0.29, 0.717) is 28.1 Å². The van der Waals surface area contributed by atoms with Crippen molar-refractivity contribution in [2.24, 2.45) is 0 Å². The Hall–Kier alpha value is -2.95. The molecule has 0 atom stereocenters. The van der Waals surface area contributed by atoms with Crippen LogP contribution in [0, 0.1) is 0 Å². The van der Waals surface area contributed by atoms with Crippen LogP contribution in [0.2, 0.25) is 0 Å². The number of hydrogen-bond donors (Lipinski definition) is 1. The fourth-order valence-corrected chi connectivity index (χ4v) is 2.86. The molecule has 0 amide bonds. The van der Waals surface area contributed by atoms with E-state index in [0.717, 1.165) is 16.2 Å². The van der Waals surface area contributed by atoms with Crippen LogP contribution in [-0.2, 0) is 4.74 Å². The van der Waals surface area contributed by atoms with Gasteiger partial charge in [-0.2, -0.15) is 0 Å². The number of anilines is 1. The van der Waals surface area contributed by atoms with E-state index < -0.39 is 5.97 Å². The minimum atomic E-state index is -0.481. The molecule has 0 aromatic heterocycles. The van der Waals surface area contributed by atoms with E-state index in [1.807, 2.05) is 30.3 Å². The van der Waals surface area contributed by atoms with Crippen molar-refractivity contribution in [1.29, 1.82) is 0 Å². The maximum atomic E-state index is 12.3. The molecular formula is C18H17NO4. The Morgan fingerprint density at radius 3 is 2.00 bits per heavy atom. The summed E-state index contributed by atoms with van der Waals surface area (Å²) in [5.74, 6) is 0.635. The van der Waals surface area contributed by atoms with Crippen LogP contribution in [0.4, 0.5) is 5.69 Å². The molecule has 3 rings (SSSR count). The van der Waals surface area contributed by atoms with E-state index in [1.54, 1.807) is 20.3 Å². The lowest BCUT2D eigenvalue weighted by molar-refractivity contribution is 0.0604. The van der Waals surface area contributed by atoms with Gasteiger partial charge in [0, 0.05) is 10.8 Å². The molecule has 3 aromatic carbocycles. The fourth-order valence-electron chi connectivity index (χ4n) is 2.86. The Labute approximate surface area is 133 Å². The zero-order chi connectivity index (χ0) is 16.6. The summed E-state index contributed by atoms with van der Waals surface area (Å²) in [6.45, 7) is 0. The summed E-state index contributed by atoms with van der Waals surface area (Å²) in [5.41, 5.74) is 6.98. The topological polar surface area (TPSA) is 70.8 Å². The Morgan fingerprint density at radius 1 is 0.870 bits per heavy atom. The first-order valence-corrected chi connectivity index (χ1v) is 7.06. The third-order valence-corrected chi connectivity index (χ3v) is 3.96. The van der Waals surface area contributed by atoms with Crippen LogP contribution >= 0.6 is 0 Å². The summed E-state index contributed by atoms with van der Waals surface area (Å²) >= 11 is 0. The van der Waals surface area contributed by atoms with Gasteiger partial charge in [-0.05, 0) is 22.9 Å². The zero-order valence-electron chi connectivity index (χ0n) is 13.2. The number of rotatable bonds is 3. The van der Waals surface area contributed by atoms with Gasteiger partial charge < -0.3 is 19.9 Å². The third-order valence-electron chi connectivity index (χ3n) is 3.96. The van der Waals surface area contributed by atoms with Gasteiger partial charge in [0.1, 0.15) is 0 Å². The van der Waals surface area contributed by atoms with Crippen molar-refractivity contribution >= 4 is 33.2 Å². The maximum Gasteiger partial charge on any atom is 0.340 e. The molecule has 0 unspecified atom stereocenters. The molecule has 23 heavy (non-hydrogen) atoms. The number of esters is 1. The number of nitrogen functional groups attached to an aromatic ring is 1. The molecule has 3 aromatic rings. The van der Waals surface area contributed by atoms with Crippen molar-refractivity contribution in [3.8, 4) is 11.5 Å². The first kappa shape index (κ1) is 15.0. The monoisotopic (exact) mass is 311 g/mol. The van der Waals surface area contributed by atoms with Gasteiger partial charge in [0.15, 0.2) is 11.5 Å². The maximum absolute atomic E-state index is 12.3. The van der Waals surface area contributed by atoms with Crippen LogP contribution in [0.25, 0.3) is 21.5 Å². The Bertz CT molecular complexity index is 918. The molecule has 5 heteroatoms. The van der Waals surface area contributed by atoms with Crippen LogP contribution in [0.3, 0.4) is 0 Å². The Morgan fingerprint density at radius 2 is 1.43 bits per heavy atom. The summed E-state index contributed by atoms with van der Waals surface area (Å²) in [7, 11) is 4.46. The summed E-state index contributed by atoms with van der Waals surface area (Å²) < 4.78 is 15.6. The van der Waals surface area contributed by atoms with Crippen LogP contribution in [0.5, 0.6) is 11.5 Å². The Kier molecular flexibility index (Phi) is 3.70. The number of ether oxygens (including phenoxy) is 3. The van der Waals surface area contributed by atoms with E-state index in [2.05, 4.69) is 0 Å². The number of hydrogen-bond acceptors (Lipinski definition) is 5. The fraction of sp³-hybridized carbons (Fsp3) is 0.167. The first-order valence-electron chi connectivity index (χ1n) is 7.06. The van der Waals surface area contributed by atoms with Crippen molar-refractivity contribution in [3.05, 3.63) is 42.0 Å². The van der Waals surface area contributed by atoms with Gasteiger partial charge in [-0.3, -0.25) is 0 Å². The zero-order valence-corrected chi connectivity index (χ0v) is 13.2. The SMILES string of the molecule is COC(=O)c1c(N)c2ccccc2c2cc(OC)c(OC)cc12. The molecule has 0 bridgehead atoms. The minimum Gasteiger partial charge on any atom is -0.493 e. The van der Waals surface area contributed by atoms with Gasteiger partial charge in [0.05, 0.1) is 32.6 Å². The number of carbonyl (C=O) groups excluding carboxylic acids is 1. The minimum absolute atomic E-state index is 0.335. The average molecular weight is 311 g/mol. The predicted octanol–water partition coefficient (Wildman–Crippen LogP) is 3.38. The smallest absolute Gasteiger partial charge is 0.340 e. The van der Waals surface area contributed by atoms with Gasteiger partial charge in [-0.1, -0.05) is 24.3 Å². The van der Waals surface area contributed by atoms with Crippen molar-refractivity contribution in [3.63, 3.8) is 0 Å². The van der Waals surface area contributed by atoms with Crippen molar-refractivity contribution < 1.29 is 19.0 Å². The highest BCUT2D eigenvalue weighted by Crippen LogP contribution is 2.40. The summed E-state index contributed by atoms with van der Waals surface area (Å²) in [6.07, 6.45) is 0. The molecule has 118 valence electrons. The highest BCUT2D eigenvalue weighted by Gasteiger charge is 2.20. The quantitative estimate of drug-likeness (QED) is 0.456. The van der Waals surface area contributed by atoms with Crippen molar-refractivity contribution in [1.82, 2.24) is 0 Å². The average Bonchev–Trinajstić information content (AvgIpc) is 2.60. The van der Waals surface area contributed by atoms with Crippen LogP contribution in [-0.4, -0.2) is 27.3 Å². The summed E-state index contributed by atoms with van der Waals surface area (Å²) in [6, 6.07) is 11.3. The van der Waals surface area contributed by atoms with Gasteiger partial charge in [0.25, 0.3) is 0 Å². The van der Waals surface area contributed by atoms with Gasteiger partial charge in [-0.25, -0.2) is 4.79 Å². The highest BCUT2D eigenvalue weighted by atomic mass is 16.5. The van der Waals surface area contributed by atoms with Gasteiger partial charge in [0.2, 0.25) is 0 Å². The molecule has 0 spiro atoms. The number of fused-ring (bicyclic) bond motifs is 3. The molecular weight excluding hydrogens is 294 g/mol. The molecule has 0 saturated heterocycles. The normalized spacial score (nSPS) is 10.7. The second kappa shape index (κ2) is 5.68. The van der Waals surface area contributed by atoms with Crippen molar-refractivity contribution in [2.45, 2.75) is 0 Å². The molecule has 0 radical (unpaired) electrons. The molecule has 2 N–H and O–H groups in total. The second-order valence-corrected chi connectivity index (χ2v) is 5.08. The van der Waals surface area contributed by atoms with E-state index >= 15 is 0 Å². The third kappa shape index (κ3) is 2.21. The summed E-state index contributed by atoms with van der Waals surface area (Å²) in [5, 5.41) is 3.26. The standard InChI is InChI=1S/C18H17NO4/c1-21-14-8-12-10-6-4-5-7-11(10)17(19)16(18(20)23-3)13(12)9-15(14)22-2/h4-9H,19H2,1-3H3. The van der Waals surface area contributed by atoms with Gasteiger partial charge in [-0.15, -0.1) is 0 Å². The number of nitrogens with two attached hydrogens (primary N) is 1. The molecule has 0 fully saturated rings. The number of benzene rings is 3. The number of methoxy groups -OCH3 is 3. The lowest BCUT2D eigenvalue weighted by atomic mass is 9.94. The van der Waals surface area contributed by atoms with E-state index in [-0.39, 0.29) is 0 Å². The molecule has 0 aliphatic carbocycles. The lowest BCUT2D eigenvalue weighted by Gasteiger charge is -2.16. The lowest BCUT2D eigenvalue weighted by Crippen LogP contribution is -2.07. The summed E-state index contributed by atoms with van der Waals surface area (Å²) in [4.78, 5) is 12.3. The van der Waals surface area contributed by atoms with Crippen LogP contribution < -0.4 is 15.2 Å². The molecule has 0 aliphatic rings. The number of carbonyl (C=O) groups is 1. The van der Waals surface area contributed by atoms with E-state index in [1.165, 1.54) is 7.11 Å². The molecule has 0 aliphatic heterocycles. The van der Waals surface area contributed by atoms with E-state index in [4.69, 9.17) is 19.9 Å². The molecule has 0 saturated carbocycles. The second-order valence-electron chi connectivity index (χ2n) is 5.08. The highest BCUT2D eigenvalue weighted by molar-refractivity contribution is 6.22. The van der Waals surface area contributed by atoms with Gasteiger partial charge >= 0.3 is 5.97 Å². The van der Waals surface area contributed by atoms with Crippen LogP contribution in [0.15, 0.2) is 36.4 Å². The van der Waals surface area contributed by atoms with Crippen LogP contribution in [0.1, 0.15) is 10.4 Å². The largest absolute Gasteiger partial charge is 0.493 e. The molecule has 0 heterocycles. The Balaban J connectivity index is 2.56.